The van der Waals surface area contributed by atoms with Crippen LogP contribution in [0.25, 0.3) is 0 Å². The summed E-state index contributed by atoms with van der Waals surface area (Å²) in [6.45, 7) is 4.35. The lowest BCUT2D eigenvalue weighted by Crippen LogP contribution is -2.31. The molecule has 0 radical (unpaired) electrons. The molecule has 0 saturated carbocycles. The molecule has 1 atom stereocenters. The summed E-state index contributed by atoms with van der Waals surface area (Å²) in [4.78, 5) is 24.7. The fourth-order valence-corrected chi connectivity index (χ4v) is 4.24. The van der Waals surface area contributed by atoms with E-state index in [0.717, 1.165) is 28.6 Å². The minimum atomic E-state index is -0.365. The Morgan fingerprint density at radius 3 is 2.71 bits per heavy atom. The van der Waals surface area contributed by atoms with Gasteiger partial charge in [0.1, 0.15) is 5.75 Å². The van der Waals surface area contributed by atoms with E-state index in [2.05, 4.69) is 16.7 Å². The first-order valence-electron chi connectivity index (χ1n) is 9.77. The molecule has 3 rings (SSSR count). The average molecular weight is 456 g/mol. The largest absolute Gasteiger partial charge is 0.494 e. The van der Waals surface area contributed by atoms with Crippen LogP contribution in [0.15, 0.2) is 53.1 Å². The van der Waals surface area contributed by atoms with E-state index >= 15 is 0 Å². The molecule has 0 fully saturated rings. The number of allylic oxidation sites excluding steroid dienone is 1. The molecule has 1 aliphatic heterocycles. The van der Waals surface area contributed by atoms with Crippen molar-refractivity contribution >= 4 is 40.9 Å². The predicted octanol–water partition coefficient (Wildman–Crippen LogP) is 4.76. The molecule has 1 aliphatic rings. The van der Waals surface area contributed by atoms with Crippen LogP contribution in [-0.2, 0) is 9.59 Å². The number of hydrogen-bond donors (Lipinski definition) is 2. The molecule has 1 heterocycles. The van der Waals surface area contributed by atoms with Gasteiger partial charge < -0.3 is 15.4 Å². The zero-order valence-electron chi connectivity index (χ0n) is 17.2. The van der Waals surface area contributed by atoms with Gasteiger partial charge >= 0.3 is 0 Å². The Labute approximate surface area is 190 Å². The molecular formula is C23H22ClN3O3S. The number of carbonyl (C=O) groups excluding carboxylic acids is 2. The van der Waals surface area contributed by atoms with Crippen molar-refractivity contribution in [3.63, 3.8) is 0 Å². The summed E-state index contributed by atoms with van der Waals surface area (Å²) in [5.41, 5.74) is 2.81. The third-order valence-electron chi connectivity index (χ3n) is 4.75. The Bertz CT molecular complexity index is 1060. The number of amides is 2. The zero-order valence-corrected chi connectivity index (χ0v) is 18.8. The van der Waals surface area contributed by atoms with E-state index in [1.54, 1.807) is 12.1 Å². The second-order valence-electron chi connectivity index (χ2n) is 6.96. The summed E-state index contributed by atoms with van der Waals surface area (Å²) in [5.74, 6) is -0.0342. The molecule has 2 N–H and O–H groups in total. The quantitative estimate of drug-likeness (QED) is 0.628. The first kappa shape index (κ1) is 22.7. The van der Waals surface area contributed by atoms with E-state index in [9.17, 15) is 14.9 Å². The van der Waals surface area contributed by atoms with Crippen LogP contribution in [0, 0.1) is 18.3 Å². The number of hydrogen-bond acceptors (Lipinski definition) is 5. The Balaban J connectivity index is 1.73. The highest BCUT2D eigenvalue weighted by molar-refractivity contribution is 8.03. The van der Waals surface area contributed by atoms with Crippen molar-refractivity contribution in [3.05, 3.63) is 69.2 Å². The average Bonchev–Trinajstić information content (AvgIpc) is 2.75. The summed E-state index contributed by atoms with van der Waals surface area (Å²) in [6.07, 6.45) is 0.176. The number of carbonyl (C=O) groups is 2. The molecule has 8 heteroatoms. The fourth-order valence-electron chi connectivity index (χ4n) is 3.19. The minimum absolute atomic E-state index is 0.0439. The maximum Gasteiger partial charge on any atom is 0.234 e. The Morgan fingerprint density at radius 2 is 2.06 bits per heavy atom. The molecule has 0 bridgehead atoms. The number of halogens is 1. The molecule has 0 spiro atoms. The van der Waals surface area contributed by atoms with Gasteiger partial charge in [-0.2, -0.15) is 5.26 Å². The Morgan fingerprint density at radius 1 is 1.32 bits per heavy atom. The van der Waals surface area contributed by atoms with Gasteiger partial charge in [0.15, 0.2) is 0 Å². The van der Waals surface area contributed by atoms with E-state index < -0.39 is 0 Å². The molecule has 31 heavy (non-hydrogen) atoms. The summed E-state index contributed by atoms with van der Waals surface area (Å²) in [7, 11) is 0. The number of nitriles is 1. The monoisotopic (exact) mass is 455 g/mol. The number of ether oxygens (including phenoxy) is 1. The standard InChI is InChI=1S/C23H22ClN3O3S/c1-3-30-17-8-5-15(6-9-17)18-11-21(28)27-23(19(18)12-25)31-13-22(29)26-16-7-4-14(2)20(24)10-16/h4-10,18H,3,11,13H2,1-2H3,(H,26,29)(H,27,28)/t18-/m0/s1. The number of rotatable bonds is 7. The smallest absolute Gasteiger partial charge is 0.234 e. The summed E-state index contributed by atoms with van der Waals surface area (Å²) in [6, 6.07) is 14.9. The highest BCUT2D eigenvalue weighted by Crippen LogP contribution is 2.36. The maximum atomic E-state index is 12.4. The van der Waals surface area contributed by atoms with Crippen LogP contribution in [0.2, 0.25) is 5.02 Å². The van der Waals surface area contributed by atoms with Gasteiger partial charge in [-0.1, -0.05) is 41.6 Å². The van der Waals surface area contributed by atoms with E-state index in [1.165, 1.54) is 0 Å². The van der Waals surface area contributed by atoms with Crippen molar-refractivity contribution < 1.29 is 14.3 Å². The zero-order chi connectivity index (χ0) is 22.4. The summed E-state index contributed by atoms with van der Waals surface area (Å²) < 4.78 is 5.46. The second kappa shape index (κ2) is 10.4. The van der Waals surface area contributed by atoms with Crippen LogP contribution in [0.5, 0.6) is 5.75 Å². The summed E-state index contributed by atoms with van der Waals surface area (Å²) >= 11 is 7.23. The van der Waals surface area contributed by atoms with Crippen molar-refractivity contribution in [1.82, 2.24) is 5.32 Å². The highest BCUT2D eigenvalue weighted by atomic mass is 35.5. The van der Waals surface area contributed by atoms with Crippen LogP contribution >= 0.6 is 23.4 Å². The van der Waals surface area contributed by atoms with Gasteiger partial charge in [0, 0.05) is 23.0 Å². The van der Waals surface area contributed by atoms with Gasteiger partial charge in [-0.25, -0.2) is 0 Å². The van der Waals surface area contributed by atoms with Crippen LogP contribution in [-0.4, -0.2) is 24.2 Å². The molecule has 0 unspecified atom stereocenters. The molecule has 160 valence electrons. The molecule has 6 nitrogen and oxygen atoms in total. The van der Waals surface area contributed by atoms with Crippen molar-refractivity contribution in [2.75, 3.05) is 17.7 Å². The molecule has 2 amide bonds. The van der Waals surface area contributed by atoms with E-state index in [0.29, 0.717) is 27.9 Å². The predicted molar refractivity (Wildman–Crippen MR) is 123 cm³/mol. The van der Waals surface area contributed by atoms with Gasteiger partial charge in [0.2, 0.25) is 11.8 Å². The van der Waals surface area contributed by atoms with Crippen molar-refractivity contribution in [1.29, 1.82) is 5.26 Å². The van der Waals surface area contributed by atoms with Crippen LogP contribution in [0.3, 0.4) is 0 Å². The first-order valence-corrected chi connectivity index (χ1v) is 11.1. The number of aryl methyl sites for hydroxylation is 1. The molecule has 0 aliphatic carbocycles. The summed E-state index contributed by atoms with van der Waals surface area (Å²) in [5, 5.41) is 16.3. The molecular weight excluding hydrogens is 434 g/mol. The number of nitrogens with one attached hydrogen (secondary N) is 2. The second-order valence-corrected chi connectivity index (χ2v) is 8.36. The van der Waals surface area contributed by atoms with E-state index in [4.69, 9.17) is 16.3 Å². The third kappa shape index (κ3) is 5.81. The van der Waals surface area contributed by atoms with Crippen LogP contribution < -0.4 is 15.4 Å². The lowest BCUT2D eigenvalue weighted by atomic mass is 9.87. The SMILES string of the molecule is CCOc1ccc([C@@H]2CC(=O)NC(SCC(=O)Nc3ccc(C)c(Cl)c3)=C2C#N)cc1. The number of anilines is 1. The van der Waals surface area contributed by atoms with Crippen molar-refractivity contribution in [2.45, 2.75) is 26.2 Å². The number of benzene rings is 2. The Kier molecular flexibility index (Phi) is 7.61. The lowest BCUT2D eigenvalue weighted by molar-refractivity contribution is -0.121. The lowest BCUT2D eigenvalue weighted by Gasteiger charge is -2.25. The molecule has 0 saturated heterocycles. The maximum absolute atomic E-state index is 12.4. The van der Waals surface area contributed by atoms with Crippen LogP contribution in [0.4, 0.5) is 5.69 Å². The first-order chi connectivity index (χ1) is 14.9. The number of thioether (sulfide) groups is 1. The van der Waals surface area contributed by atoms with Gasteiger partial charge in [0.25, 0.3) is 0 Å². The van der Waals surface area contributed by atoms with Crippen molar-refractivity contribution in [3.8, 4) is 11.8 Å². The van der Waals surface area contributed by atoms with E-state index in [-0.39, 0.29) is 29.9 Å². The normalized spacial score (nSPS) is 15.8. The van der Waals surface area contributed by atoms with Gasteiger partial charge in [-0.15, -0.1) is 0 Å². The Hall–Kier alpha value is -2.95. The topological polar surface area (TPSA) is 91.2 Å². The fraction of sp³-hybridized carbons (Fsp3) is 0.261. The van der Waals surface area contributed by atoms with Crippen LogP contribution in [0.1, 0.15) is 30.4 Å². The van der Waals surface area contributed by atoms with Gasteiger partial charge in [-0.3, -0.25) is 9.59 Å². The van der Waals surface area contributed by atoms with E-state index in [1.807, 2.05) is 44.2 Å². The highest BCUT2D eigenvalue weighted by Gasteiger charge is 2.30. The minimum Gasteiger partial charge on any atom is -0.494 e. The molecule has 0 aromatic heterocycles. The number of nitrogens with zero attached hydrogens (tertiary/aromatic N) is 1. The molecule has 2 aromatic carbocycles. The van der Waals surface area contributed by atoms with Crippen molar-refractivity contribution in [2.24, 2.45) is 0 Å². The van der Waals surface area contributed by atoms with Gasteiger partial charge in [-0.05, 0) is 49.2 Å². The third-order valence-corrected chi connectivity index (χ3v) is 6.18. The molecule has 2 aromatic rings. The van der Waals surface area contributed by atoms with Gasteiger partial charge in [0.05, 0.1) is 29.0 Å².